The number of rotatable bonds is 7. The molecule has 10 aromatic carbocycles. The average Bonchev–Trinajstić information content (AvgIpc) is 3.90. The maximum absolute atomic E-state index is 5.45. The van der Waals surface area contributed by atoms with Crippen LogP contribution in [0.1, 0.15) is 22.3 Å². The van der Waals surface area contributed by atoms with Crippen LogP contribution in [0.3, 0.4) is 0 Å². The summed E-state index contributed by atoms with van der Waals surface area (Å²) in [5, 5.41) is 4.78. The van der Waals surface area contributed by atoms with E-state index in [1.807, 2.05) is 6.07 Å². The Kier molecular flexibility index (Phi) is 8.75. The largest absolute Gasteiger partial charge is 0.309 e. The van der Waals surface area contributed by atoms with Gasteiger partial charge in [-0.15, -0.1) is 0 Å². The van der Waals surface area contributed by atoms with Crippen molar-refractivity contribution in [3.63, 3.8) is 0 Å². The monoisotopic (exact) mass is 839 g/mol. The summed E-state index contributed by atoms with van der Waals surface area (Å²) in [5.41, 5.74) is 17.7. The highest BCUT2D eigenvalue weighted by Crippen LogP contribution is 2.58. The molecule has 0 aliphatic heterocycles. The van der Waals surface area contributed by atoms with Crippen LogP contribution in [0.5, 0.6) is 0 Å². The van der Waals surface area contributed by atoms with Crippen LogP contribution < -0.4 is 0 Å². The molecule has 0 spiro atoms. The number of benzene rings is 10. The molecule has 0 saturated heterocycles. The van der Waals surface area contributed by atoms with Crippen molar-refractivity contribution in [2.75, 3.05) is 0 Å². The minimum Gasteiger partial charge on any atom is -0.309 e. The summed E-state index contributed by atoms with van der Waals surface area (Å²) in [6, 6.07) is 89.9. The Balaban J connectivity index is 1.02. The maximum atomic E-state index is 5.45. The Bertz CT molecular complexity index is 3760. The van der Waals surface area contributed by atoms with Crippen LogP contribution in [0.4, 0.5) is 0 Å². The van der Waals surface area contributed by atoms with Crippen molar-refractivity contribution >= 4 is 32.6 Å². The molecule has 3 nitrogen and oxygen atoms in total. The molecule has 13 rings (SSSR count). The van der Waals surface area contributed by atoms with Gasteiger partial charge in [-0.1, -0.05) is 212 Å². The fourth-order valence-electron chi connectivity index (χ4n) is 10.9. The summed E-state index contributed by atoms with van der Waals surface area (Å²) in [4.78, 5) is 10.9. The van der Waals surface area contributed by atoms with Gasteiger partial charge in [0.2, 0.25) is 0 Å². The van der Waals surface area contributed by atoms with Crippen LogP contribution in [-0.2, 0) is 5.41 Å². The fourth-order valence-corrected chi connectivity index (χ4v) is 10.9. The highest BCUT2D eigenvalue weighted by atomic mass is 15.0. The van der Waals surface area contributed by atoms with Crippen molar-refractivity contribution in [3.8, 4) is 61.8 Å². The predicted octanol–water partition coefficient (Wildman–Crippen LogP) is 15.8. The van der Waals surface area contributed by atoms with E-state index in [0.29, 0.717) is 5.82 Å². The number of nitrogens with zero attached hydrogens (tertiary/aromatic N) is 3. The second-order valence-electron chi connectivity index (χ2n) is 17.2. The van der Waals surface area contributed by atoms with Gasteiger partial charge in [-0.2, -0.15) is 0 Å². The van der Waals surface area contributed by atoms with Gasteiger partial charge in [0.1, 0.15) is 0 Å². The maximum Gasteiger partial charge on any atom is 0.160 e. The zero-order chi connectivity index (χ0) is 43.6. The topological polar surface area (TPSA) is 30.7 Å². The van der Waals surface area contributed by atoms with Crippen LogP contribution in [0.25, 0.3) is 94.4 Å². The molecule has 12 aromatic rings. The molecule has 1 aliphatic carbocycles. The van der Waals surface area contributed by atoms with E-state index in [0.717, 1.165) is 39.2 Å². The van der Waals surface area contributed by atoms with Crippen molar-refractivity contribution < 1.29 is 0 Å². The molecular formula is C63H41N3. The average molecular weight is 840 g/mol. The third-order valence-electron chi connectivity index (χ3n) is 13.7. The summed E-state index contributed by atoms with van der Waals surface area (Å²) in [7, 11) is 0. The van der Waals surface area contributed by atoms with E-state index in [1.165, 1.54) is 71.7 Å². The molecule has 2 aromatic heterocycles. The van der Waals surface area contributed by atoms with Gasteiger partial charge in [0.25, 0.3) is 0 Å². The van der Waals surface area contributed by atoms with Crippen molar-refractivity contribution in [3.05, 3.63) is 271 Å². The Morgan fingerprint density at radius 1 is 0.318 bits per heavy atom. The Hall–Kier alpha value is -8.66. The second kappa shape index (κ2) is 15.3. The molecule has 0 amide bonds. The predicted molar refractivity (Wildman–Crippen MR) is 273 cm³/mol. The summed E-state index contributed by atoms with van der Waals surface area (Å²) in [5.74, 6) is 0.692. The zero-order valence-electron chi connectivity index (χ0n) is 36.0. The SMILES string of the molecule is c1ccc(-c2nc(-c3cccc4c3-c3ccccc3C4(c3ccccc3)c3ccccc3)cc(-c3ccc(-c4ccc5c(c4)c4ccccc4n5-c4ccccc4)c4ccccc34)n2)cc1. The Morgan fingerprint density at radius 2 is 0.848 bits per heavy atom. The van der Waals surface area contributed by atoms with Crippen molar-refractivity contribution in [2.24, 2.45) is 0 Å². The van der Waals surface area contributed by atoms with Gasteiger partial charge in [-0.3, -0.25) is 0 Å². The van der Waals surface area contributed by atoms with Crippen LogP contribution in [0.2, 0.25) is 0 Å². The van der Waals surface area contributed by atoms with E-state index < -0.39 is 5.41 Å². The van der Waals surface area contributed by atoms with Gasteiger partial charge >= 0.3 is 0 Å². The van der Waals surface area contributed by atoms with E-state index in [9.17, 15) is 0 Å². The summed E-state index contributed by atoms with van der Waals surface area (Å²) >= 11 is 0. The lowest BCUT2D eigenvalue weighted by molar-refractivity contribution is 0.768. The first kappa shape index (κ1) is 37.9. The number of hydrogen-bond donors (Lipinski definition) is 0. The molecule has 0 fully saturated rings. The summed E-state index contributed by atoms with van der Waals surface area (Å²) in [6.45, 7) is 0. The Labute approximate surface area is 383 Å². The first-order chi connectivity index (χ1) is 32.8. The minimum absolute atomic E-state index is 0.520. The van der Waals surface area contributed by atoms with Gasteiger partial charge in [0.05, 0.1) is 27.8 Å². The van der Waals surface area contributed by atoms with Gasteiger partial charge in [0.15, 0.2) is 5.82 Å². The van der Waals surface area contributed by atoms with Crippen molar-refractivity contribution in [1.82, 2.24) is 14.5 Å². The first-order valence-electron chi connectivity index (χ1n) is 22.7. The molecule has 3 heteroatoms. The van der Waals surface area contributed by atoms with E-state index in [2.05, 4.69) is 247 Å². The van der Waals surface area contributed by atoms with Crippen LogP contribution >= 0.6 is 0 Å². The van der Waals surface area contributed by atoms with Gasteiger partial charge in [-0.05, 0) is 91.7 Å². The van der Waals surface area contributed by atoms with Crippen LogP contribution in [0.15, 0.2) is 249 Å². The van der Waals surface area contributed by atoms with E-state index in [-0.39, 0.29) is 0 Å². The number of aromatic nitrogens is 3. The molecule has 0 bridgehead atoms. The van der Waals surface area contributed by atoms with Gasteiger partial charge in [-0.25, -0.2) is 9.97 Å². The summed E-state index contributed by atoms with van der Waals surface area (Å²) < 4.78 is 2.37. The lowest BCUT2D eigenvalue weighted by Gasteiger charge is -2.33. The van der Waals surface area contributed by atoms with Gasteiger partial charge < -0.3 is 4.57 Å². The normalized spacial score (nSPS) is 12.7. The zero-order valence-corrected chi connectivity index (χ0v) is 36.0. The van der Waals surface area contributed by atoms with E-state index in [4.69, 9.17) is 9.97 Å². The van der Waals surface area contributed by atoms with Crippen LogP contribution in [0, 0.1) is 0 Å². The highest BCUT2D eigenvalue weighted by molar-refractivity contribution is 6.12. The molecule has 66 heavy (non-hydrogen) atoms. The molecular weight excluding hydrogens is 799 g/mol. The molecule has 0 unspecified atom stereocenters. The Morgan fingerprint density at radius 3 is 1.58 bits per heavy atom. The number of fused-ring (bicyclic) bond motifs is 7. The standard InChI is InChI=1S/C63H41N3/c1-5-20-42(21-6-1)62-64-57(41-58(65-62)53-32-19-34-56-61(53)52-31-15-17-33-55(52)63(56,44-22-7-2-8-23-44)45-24-9-3-10-25-45)50-38-37-47(48-28-13-14-29-49(48)50)43-36-39-60-54(40-43)51-30-16-18-35-59(51)66(60)46-26-11-4-12-27-46/h1-41H. The first-order valence-corrected chi connectivity index (χ1v) is 22.7. The third kappa shape index (κ3) is 5.77. The minimum atomic E-state index is -0.520. The van der Waals surface area contributed by atoms with Crippen molar-refractivity contribution in [2.45, 2.75) is 5.41 Å². The number of para-hydroxylation sites is 2. The van der Waals surface area contributed by atoms with Crippen molar-refractivity contribution in [1.29, 1.82) is 0 Å². The smallest absolute Gasteiger partial charge is 0.160 e. The lowest BCUT2D eigenvalue weighted by atomic mass is 9.67. The second-order valence-corrected chi connectivity index (χ2v) is 17.2. The van der Waals surface area contributed by atoms with Crippen LogP contribution in [-0.4, -0.2) is 14.5 Å². The molecule has 0 atom stereocenters. The third-order valence-corrected chi connectivity index (χ3v) is 13.7. The molecule has 0 saturated carbocycles. The quantitative estimate of drug-likeness (QED) is 0.160. The molecule has 0 radical (unpaired) electrons. The highest BCUT2D eigenvalue weighted by Gasteiger charge is 2.46. The fraction of sp³-hybridized carbons (Fsp3) is 0.0159. The van der Waals surface area contributed by atoms with Gasteiger partial charge in [0, 0.05) is 33.2 Å². The lowest BCUT2D eigenvalue weighted by Crippen LogP contribution is -2.28. The molecule has 1 aliphatic rings. The molecule has 2 heterocycles. The number of hydrogen-bond acceptors (Lipinski definition) is 2. The van der Waals surface area contributed by atoms with E-state index >= 15 is 0 Å². The van der Waals surface area contributed by atoms with E-state index in [1.54, 1.807) is 0 Å². The molecule has 308 valence electrons. The summed E-state index contributed by atoms with van der Waals surface area (Å²) in [6.07, 6.45) is 0. The molecule has 0 N–H and O–H groups in total.